The standard InChI is InChI=1S/C21H23N3/c1-24(17-12-6-3-7-13-17)21-18-14-8-9-15-19(18)22-20(23-21)16-10-4-2-5-11-16/h2,4-5,8-11,14-15,17H,3,6-7,12-13H2,1H3. The summed E-state index contributed by atoms with van der Waals surface area (Å²) in [5.41, 5.74) is 2.09. The third-order valence-electron chi connectivity index (χ3n) is 5.07. The Morgan fingerprint density at radius 1 is 0.833 bits per heavy atom. The molecule has 1 saturated carbocycles. The fraction of sp³-hybridized carbons (Fsp3) is 0.333. The van der Waals surface area contributed by atoms with Crippen LogP contribution < -0.4 is 4.90 Å². The number of hydrogen-bond acceptors (Lipinski definition) is 3. The Hall–Kier alpha value is -2.42. The lowest BCUT2D eigenvalue weighted by Crippen LogP contribution is -2.34. The highest BCUT2D eigenvalue weighted by Crippen LogP contribution is 2.31. The molecule has 0 saturated heterocycles. The van der Waals surface area contributed by atoms with E-state index in [4.69, 9.17) is 9.97 Å². The Morgan fingerprint density at radius 2 is 1.54 bits per heavy atom. The number of aromatic nitrogens is 2. The molecule has 0 radical (unpaired) electrons. The first-order valence-corrected chi connectivity index (χ1v) is 8.88. The van der Waals surface area contributed by atoms with Crippen molar-refractivity contribution in [3.05, 3.63) is 54.6 Å². The fourth-order valence-corrected chi connectivity index (χ4v) is 3.69. The SMILES string of the molecule is CN(c1nc(-c2ccccc2)nc2ccccc12)C1CCCCC1. The van der Waals surface area contributed by atoms with Gasteiger partial charge in [-0.3, -0.25) is 0 Å². The molecule has 0 aliphatic heterocycles. The Bertz CT molecular complexity index is 823. The van der Waals surface area contributed by atoms with Gasteiger partial charge < -0.3 is 4.90 Å². The highest BCUT2D eigenvalue weighted by Gasteiger charge is 2.21. The first kappa shape index (κ1) is 15.1. The Balaban J connectivity index is 1.83. The normalized spacial score (nSPS) is 15.5. The summed E-state index contributed by atoms with van der Waals surface area (Å²) < 4.78 is 0. The van der Waals surface area contributed by atoms with Crippen molar-refractivity contribution in [3.8, 4) is 11.4 Å². The summed E-state index contributed by atoms with van der Waals surface area (Å²) in [6.45, 7) is 0. The van der Waals surface area contributed by atoms with Crippen LogP contribution in [0, 0.1) is 0 Å². The van der Waals surface area contributed by atoms with Crippen LogP contribution in [-0.4, -0.2) is 23.1 Å². The molecule has 122 valence electrons. The van der Waals surface area contributed by atoms with E-state index in [2.05, 4.69) is 48.3 Å². The van der Waals surface area contributed by atoms with Crippen LogP contribution in [0.25, 0.3) is 22.3 Å². The summed E-state index contributed by atoms with van der Waals surface area (Å²) in [6, 6.07) is 19.2. The highest BCUT2D eigenvalue weighted by molar-refractivity contribution is 5.91. The van der Waals surface area contributed by atoms with Gasteiger partial charge in [0.15, 0.2) is 5.82 Å². The molecule has 0 atom stereocenters. The molecule has 0 N–H and O–H groups in total. The van der Waals surface area contributed by atoms with Gasteiger partial charge in [-0.15, -0.1) is 0 Å². The summed E-state index contributed by atoms with van der Waals surface area (Å²) in [7, 11) is 2.19. The number of benzene rings is 2. The highest BCUT2D eigenvalue weighted by atomic mass is 15.2. The van der Waals surface area contributed by atoms with Crippen molar-refractivity contribution in [2.45, 2.75) is 38.1 Å². The zero-order valence-corrected chi connectivity index (χ0v) is 14.2. The summed E-state index contributed by atoms with van der Waals surface area (Å²) >= 11 is 0. The number of hydrogen-bond donors (Lipinski definition) is 0. The Morgan fingerprint density at radius 3 is 2.33 bits per heavy atom. The quantitative estimate of drug-likeness (QED) is 0.675. The van der Waals surface area contributed by atoms with Gasteiger partial charge in [-0.25, -0.2) is 9.97 Å². The smallest absolute Gasteiger partial charge is 0.162 e. The van der Waals surface area contributed by atoms with E-state index < -0.39 is 0 Å². The van der Waals surface area contributed by atoms with Gasteiger partial charge >= 0.3 is 0 Å². The third-order valence-corrected chi connectivity index (χ3v) is 5.07. The van der Waals surface area contributed by atoms with Crippen molar-refractivity contribution in [1.29, 1.82) is 0 Å². The third kappa shape index (κ3) is 2.86. The van der Waals surface area contributed by atoms with Gasteiger partial charge in [0.1, 0.15) is 5.82 Å². The summed E-state index contributed by atoms with van der Waals surface area (Å²) in [5, 5.41) is 1.14. The average molecular weight is 317 g/mol. The van der Waals surface area contributed by atoms with Crippen LogP contribution in [0.4, 0.5) is 5.82 Å². The van der Waals surface area contributed by atoms with Gasteiger partial charge in [-0.1, -0.05) is 61.7 Å². The maximum Gasteiger partial charge on any atom is 0.162 e. The molecule has 0 spiro atoms. The number of para-hydroxylation sites is 1. The number of fused-ring (bicyclic) bond motifs is 1. The maximum absolute atomic E-state index is 4.96. The summed E-state index contributed by atoms with van der Waals surface area (Å²) in [4.78, 5) is 12.1. The van der Waals surface area contributed by atoms with Crippen LogP contribution in [0.2, 0.25) is 0 Å². The van der Waals surface area contributed by atoms with Crippen molar-refractivity contribution in [2.24, 2.45) is 0 Å². The minimum absolute atomic E-state index is 0.584. The first-order valence-electron chi connectivity index (χ1n) is 8.88. The van der Waals surface area contributed by atoms with E-state index in [1.54, 1.807) is 0 Å². The van der Waals surface area contributed by atoms with Gasteiger partial charge in [-0.2, -0.15) is 0 Å². The van der Waals surface area contributed by atoms with Crippen LogP contribution >= 0.6 is 0 Å². The van der Waals surface area contributed by atoms with E-state index in [-0.39, 0.29) is 0 Å². The van der Waals surface area contributed by atoms with Crippen LogP contribution in [0.1, 0.15) is 32.1 Å². The average Bonchev–Trinajstić information content (AvgIpc) is 2.68. The first-order chi connectivity index (χ1) is 11.8. The molecular formula is C21H23N3. The maximum atomic E-state index is 4.96. The molecule has 0 amide bonds. The lowest BCUT2D eigenvalue weighted by molar-refractivity contribution is 0.426. The van der Waals surface area contributed by atoms with Crippen molar-refractivity contribution in [1.82, 2.24) is 9.97 Å². The number of rotatable bonds is 3. The molecule has 0 bridgehead atoms. The molecule has 1 aliphatic carbocycles. The van der Waals surface area contributed by atoms with E-state index >= 15 is 0 Å². The Labute approximate surface area is 143 Å². The minimum Gasteiger partial charge on any atom is -0.356 e. The summed E-state index contributed by atoms with van der Waals surface area (Å²) in [6.07, 6.45) is 6.53. The molecule has 4 rings (SSSR count). The Kier molecular flexibility index (Phi) is 4.16. The molecule has 2 aromatic carbocycles. The largest absolute Gasteiger partial charge is 0.356 e. The minimum atomic E-state index is 0.584. The van der Waals surface area contributed by atoms with Crippen LogP contribution in [0.15, 0.2) is 54.6 Å². The number of anilines is 1. The van der Waals surface area contributed by atoms with Crippen molar-refractivity contribution in [2.75, 3.05) is 11.9 Å². The molecule has 1 fully saturated rings. The van der Waals surface area contributed by atoms with Crippen LogP contribution in [0.3, 0.4) is 0 Å². The molecule has 1 aromatic heterocycles. The van der Waals surface area contributed by atoms with Crippen molar-refractivity contribution >= 4 is 16.7 Å². The van der Waals surface area contributed by atoms with E-state index in [0.29, 0.717) is 6.04 Å². The zero-order valence-electron chi connectivity index (χ0n) is 14.2. The second-order valence-electron chi connectivity index (χ2n) is 6.66. The van der Waals surface area contributed by atoms with E-state index in [1.807, 2.05) is 18.2 Å². The fourth-order valence-electron chi connectivity index (χ4n) is 3.69. The molecule has 3 aromatic rings. The van der Waals surface area contributed by atoms with E-state index in [0.717, 1.165) is 28.1 Å². The molecule has 3 heteroatoms. The van der Waals surface area contributed by atoms with Crippen molar-refractivity contribution in [3.63, 3.8) is 0 Å². The molecule has 24 heavy (non-hydrogen) atoms. The number of nitrogens with zero attached hydrogens (tertiary/aromatic N) is 3. The molecule has 1 aliphatic rings. The molecular weight excluding hydrogens is 294 g/mol. The predicted octanol–water partition coefficient (Wildman–Crippen LogP) is 5.07. The van der Waals surface area contributed by atoms with Crippen LogP contribution in [-0.2, 0) is 0 Å². The lowest BCUT2D eigenvalue weighted by Gasteiger charge is -2.32. The van der Waals surface area contributed by atoms with Gasteiger partial charge in [0, 0.05) is 24.0 Å². The van der Waals surface area contributed by atoms with Crippen LogP contribution in [0.5, 0.6) is 0 Å². The summed E-state index contributed by atoms with van der Waals surface area (Å²) in [5.74, 6) is 1.87. The predicted molar refractivity (Wildman–Crippen MR) is 100 cm³/mol. The lowest BCUT2D eigenvalue weighted by atomic mass is 9.94. The topological polar surface area (TPSA) is 29.0 Å². The van der Waals surface area contributed by atoms with Crippen molar-refractivity contribution < 1.29 is 0 Å². The van der Waals surface area contributed by atoms with Gasteiger partial charge in [0.25, 0.3) is 0 Å². The van der Waals surface area contributed by atoms with E-state index in [1.165, 1.54) is 32.1 Å². The van der Waals surface area contributed by atoms with Gasteiger partial charge in [-0.05, 0) is 25.0 Å². The zero-order chi connectivity index (χ0) is 16.4. The second kappa shape index (κ2) is 6.60. The van der Waals surface area contributed by atoms with Gasteiger partial charge in [0.2, 0.25) is 0 Å². The van der Waals surface area contributed by atoms with Gasteiger partial charge in [0.05, 0.1) is 5.52 Å². The molecule has 1 heterocycles. The monoisotopic (exact) mass is 317 g/mol. The second-order valence-corrected chi connectivity index (χ2v) is 6.66. The molecule has 0 unspecified atom stereocenters. The van der Waals surface area contributed by atoms with E-state index in [9.17, 15) is 0 Å². The molecule has 3 nitrogen and oxygen atoms in total.